The third-order valence-corrected chi connectivity index (χ3v) is 5.05. The van der Waals surface area contributed by atoms with Crippen molar-refractivity contribution in [1.29, 1.82) is 0 Å². The molecule has 4 rings (SSSR count). The number of aromatic nitrogens is 2. The zero-order valence-corrected chi connectivity index (χ0v) is 16.8. The number of benzene rings is 2. The quantitative estimate of drug-likeness (QED) is 0.599. The average Bonchev–Trinajstić information content (AvgIpc) is 3.34. The summed E-state index contributed by atoms with van der Waals surface area (Å²) < 4.78 is 11.1. The molecule has 1 unspecified atom stereocenters. The molecule has 2 heterocycles. The van der Waals surface area contributed by atoms with Gasteiger partial charge in [-0.1, -0.05) is 41.9 Å². The highest BCUT2D eigenvalue weighted by Crippen LogP contribution is 2.30. The molecule has 150 valence electrons. The Labute approximate surface area is 170 Å². The van der Waals surface area contributed by atoms with Gasteiger partial charge in [-0.3, -0.25) is 4.79 Å². The van der Waals surface area contributed by atoms with E-state index in [0.717, 1.165) is 23.3 Å². The molecule has 1 aromatic heterocycles. The molecule has 0 radical (unpaired) electrons. The largest absolute Gasteiger partial charge is 0.494 e. The van der Waals surface area contributed by atoms with Crippen molar-refractivity contribution in [2.75, 3.05) is 13.2 Å². The van der Waals surface area contributed by atoms with Crippen molar-refractivity contribution in [3.05, 3.63) is 65.5 Å². The molecule has 1 fully saturated rings. The maximum Gasteiger partial charge on any atom is 0.232 e. The number of rotatable bonds is 7. The molecule has 1 amide bonds. The Bertz CT molecular complexity index is 981. The Balaban J connectivity index is 1.42. The molecule has 1 aliphatic rings. The topological polar surface area (TPSA) is 68.5 Å². The smallest absolute Gasteiger partial charge is 0.232 e. The summed E-state index contributed by atoms with van der Waals surface area (Å²) in [6.45, 7) is 6.03. The number of amides is 1. The van der Waals surface area contributed by atoms with Crippen molar-refractivity contribution in [2.24, 2.45) is 0 Å². The van der Waals surface area contributed by atoms with Crippen molar-refractivity contribution in [2.45, 2.75) is 39.2 Å². The summed E-state index contributed by atoms with van der Waals surface area (Å²) in [7, 11) is 0. The number of hydrogen-bond acceptors (Lipinski definition) is 5. The van der Waals surface area contributed by atoms with E-state index in [1.54, 1.807) is 0 Å². The second-order valence-corrected chi connectivity index (χ2v) is 7.49. The summed E-state index contributed by atoms with van der Waals surface area (Å²) in [5.41, 5.74) is 3.19. The van der Waals surface area contributed by atoms with Gasteiger partial charge in [0.05, 0.1) is 12.5 Å². The van der Waals surface area contributed by atoms with Crippen LogP contribution in [0.5, 0.6) is 5.75 Å². The van der Waals surface area contributed by atoms with E-state index in [9.17, 15) is 4.79 Å². The third kappa shape index (κ3) is 4.47. The van der Waals surface area contributed by atoms with E-state index >= 15 is 0 Å². The Kier molecular flexibility index (Phi) is 5.60. The highest BCUT2D eigenvalue weighted by atomic mass is 16.5. The molecule has 0 bridgehead atoms. The maximum atomic E-state index is 12.5. The molecule has 6 nitrogen and oxygen atoms in total. The van der Waals surface area contributed by atoms with Gasteiger partial charge in [-0.25, -0.2) is 0 Å². The minimum Gasteiger partial charge on any atom is -0.494 e. The number of ether oxygens (including phenoxy) is 1. The summed E-state index contributed by atoms with van der Waals surface area (Å²) in [4.78, 5) is 18.9. The van der Waals surface area contributed by atoms with E-state index < -0.39 is 0 Å². The van der Waals surface area contributed by atoms with Crippen LogP contribution in [-0.4, -0.2) is 34.1 Å². The van der Waals surface area contributed by atoms with Crippen LogP contribution in [0.25, 0.3) is 11.4 Å². The van der Waals surface area contributed by atoms with Gasteiger partial charge in [-0.05, 0) is 43.2 Å². The normalized spacial score (nSPS) is 16.4. The van der Waals surface area contributed by atoms with Gasteiger partial charge in [0.1, 0.15) is 5.75 Å². The minimum atomic E-state index is -0.0688. The van der Waals surface area contributed by atoms with Gasteiger partial charge in [-0.15, -0.1) is 0 Å². The first-order valence-corrected chi connectivity index (χ1v) is 10.0. The standard InChI is InChI=1S/C23H25N3O3/c1-3-11-28-20-9-7-18(8-10-20)22-24-23(29-25-22)19-13-21(27)26(15-19)14-17-6-4-5-16(2)12-17/h4-10,12,19H,3,11,13-15H2,1-2H3. The van der Waals surface area contributed by atoms with Crippen LogP contribution in [0.4, 0.5) is 0 Å². The fraction of sp³-hybridized carbons (Fsp3) is 0.348. The second-order valence-electron chi connectivity index (χ2n) is 7.49. The van der Waals surface area contributed by atoms with E-state index in [0.29, 0.717) is 37.8 Å². The summed E-state index contributed by atoms with van der Waals surface area (Å²) in [5.74, 6) is 1.93. The van der Waals surface area contributed by atoms with Crippen molar-refractivity contribution >= 4 is 5.91 Å². The first-order valence-electron chi connectivity index (χ1n) is 10.0. The highest BCUT2D eigenvalue weighted by molar-refractivity contribution is 5.79. The number of carbonyl (C=O) groups excluding carboxylic acids is 1. The predicted molar refractivity (Wildman–Crippen MR) is 109 cm³/mol. The minimum absolute atomic E-state index is 0.0688. The molecule has 3 aromatic rings. The van der Waals surface area contributed by atoms with Crippen LogP contribution in [0.2, 0.25) is 0 Å². The number of carbonyl (C=O) groups is 1. The number of nitrogens with zero attached hydrogens (tertiary/aromatic N) is 3. The van der Waals surface area contributed by atoms with Crippen LogP contribution in [0.3, 0.4) is 0 Å². The van der Waals surface area contributed by atoms with E-state index in [-0.39, 0.29) is 11.8 Å². The lowest BCUT2D eigenvalue weighted by atomic mass is 10.1. The number of hydrogen-bond donors (Lipinski definition) is 0. The third-order valence-electron chi connectivity index (χ3n) is 5.05. The monoisotopic (exact) mass is 391 g/mol. The summed E-state index contributed by atoms with van der Waals surface area (Å²) in [6.07, 6.45) is 1.37. The van der Waals surface area contributed by atoms with Crippen LogP contribution < -0.4 is 4.74 Å². The van der Waals surface area contributed by atoms with Crippen LogP contribution in [0.15, 0.2) is 53.1 Å². The van der Waals surface area contributed by atoms with Gasteiger partial charge in [-0.2, -0.15) is 4.98 Å². The lowest BCUT2D eigenvalue weighted by molar-refractivity contribution is -0.128. The maximum absolute atomic E-state index is 12.5. The van der Waals surface area contributed by atoms with Gasteiger partial charge < -0.3 is 14.2 Å². The van der Waals surface area contributed by atoms with Crippen LogP contribution in [0, 0.1) is 6.92 Å². The van der Waals surface area contributed by atoms with E-state index in [4.69, 9.17) is 9.26 Å². The highest BCUT2D eigenvalue weighted by Gasteiger charge is 2.34. The molecule has 0 spiro atoms. The van der Waals surface area contributed by atoms with Crippen LogP contribution >= 0.6 is 0 Å². The Morgan fingerprint density at radius 2 is 2.03 bits per heavy atom. The van der Waals surface area contributed by atoms with E-state index in [2.05, 4.69) is 36.1 Å². The fourth-order valence-corrected chi connectivity index (χ4v) is 3.56. The molecule has 6 heteroatoms. The molecule has 2 aromatic carbocycles. The van der Waals surface area contributed by atoms with Crippen molar-refractivity contribution < 1.29 is 14.1 Å². The van der Waals surface area contributed by atoms with Gasteiger partial charge >= 0.3 is 0 Å². The summed E-state index contributed by atoms with van der Waals surface area (Å²) in [6, 6.07) is 15.9. The molecule has 29 heavy (non-hydrogen) atoms. The zero-order valence-electron chi connectivity index (χ0n) is 16.8. The van der Waals surface area contributed by atoms with E-state index in [1.165, 1.54) is 5.56 Å². The molecule has 0 aliphatic carbocycles. The van der Waals surface area contributed by atoms with E-state index in [1.807, 2.05) is 41.3 Å². The summed E-state index contributed by atoms with van der Waals surface area (Å²) in [5, 5.41) is 4.11. The van der Waals surface area contributed by atoms with Crippen molar-refractivity contribution in [3.63, 3.8) is 0 Å². The zero-order chi connectivity index (χ0) is 20.2. The number of aryl methyl sites for hydroxylation is 1. The van der Waals surface area contributed by atoms with Gasteiger partial charge in [0.2, 0.25) is 17.6 Å². The number of likely N-dealkylation sites (tertiary alicyclic amines) is 1. The van der Waals surface area contributed by atoms with Gasteiger partial charge in [0.25, 0.3) is 0 Å². The van der Waals surface area contributed by atoms with Crippen LogP contribution in [0.1, 0.15) is 42.7 Å². The molecule has 1 atom stereocenters. The molecule has 0 saturated carbocycles. The van der Waals surface area contributed by atoms with Crippen molar-refractivity contribution in [3.8, 4) is 17.1 Å². The van der Waals surface area contributed by atoms with Crippen molar-refractivity contribution in [1.82, 2.24) is 15.0 Å². The molecule has 1 aliphatic heterocycles. The predicted octanol–water partition coefficient (Wildman–Crippen LogP) is 4.35. The SMILES string of the molecule is CCCOc1ccc(-c2noc(C3CC(=O)N(Cc4cccc(C)c4)C3)n2)cc1. The molecule has 0 N–H and O–H groups in total. The van der Waals surface area contributed by atoms with Gasteiger partial charge in [0, 0.05) is 25.1 Å². The first kappa shape index (κ1) is 19.2. The van der Waals surface area contributed by atoms with Gasteiger partial charge in [0.15, 0.2) is 0 Å². The molecular formula is C23H25N3O3. The van der Waals surface area contributed by atoms with Crippen LogP contribution in [-0.2, 0) is 11.3 Å². The first-order chi connectivity index (χ1) is 14.1. The lowest BCUT2D eigenvalue weighted by Gasteiger charge is -2.16. The molecular weight excluding hydrogens is 366 g/mol. The summed E-state index contributed by atoms with van der Waals surface area (Å²) >= 11 is 0. The Hall–Kier alpha value is -3.15. The fourth-order valence-electron chi connectivity index (χ4n) is 3.56. The Morgan fingerprint density at radius 3 is 2.79 bits per heavy atom. The second kappa shape index (κ2) is 8.47. The molecule has 1 saturated heterocycles. The lowest BCUT2D eigenvalue weighted by Crippen LogP contribution is -2.24. The Morgan fingerprint density at radius 1 is 1.21 bits per heavy atom. The average molecular weight is 391 g/mol.